The van der Waals surface area contributed by atoms with Gasteiger partial charge in [0.05, 0.1) is 0 Å². The zero-order chi connectivity index (χ0) is 6.85. The topological polar surface area (TPSA) is 20.2 Å². The van der Waals surface area contributed by atoms with Crippen molar-refractivity contribution in [3.05, 3.63) is 23.8 Å². The van der Waals surface area contributed by atoms with Gasteiger partial charge in [-0.3, -0.25) is 0 Å². The number of phenols is 1. The molecule has 0 saturated heterocycles. The first-order valence-corrected chi connectivity index (χ1v) is 3.14. The fraction of sp³-hybridized carbons (Fsp3) is 0.143. The van der Waals surface area contributed by atoms with Gasteiger partial charge in [-0.15, -0.1) is 12.6 Å². The van der Waals surface area contributed by atoms with Crippen LogP contribution in [0, 0.1) is 6.92 Å². The number of aryl methyl sites for hydroxylation is 1. The third kappa shape index (κ3) is 2.26. The number of phenolic OH excluding ortho intramolecular Hbond substituents is 1. The molecule has 0 bridgehead atoms. The molecule has 0 aromatic heterocycles. The van der Waals surface area contributed by atoms with E-state index in [-0.39, 0.29) is 38.5 Å². The monoisotopic (exact) mass is 229 g/mol. The van der Waals surface area contributed by atoms with Crippen LogP contribution in [-0.4, -0.2) is 5.11 Å². The summed E-state index contributed by atoms with van der Waals surface area (Å²) in [6.45, 7) is 1.84. The van der Waals surface area contributed by atoms with Gasteiger partial charge in [-0.05, 0) is 18.6 Å². The predicted molar refractivity (Wildman–Crippen MR) is 40.1 cm³/mol. The van der Waals surface area contributed by atoms with Crippen LogP contribution in [0.4, 0.5) is 0 Å². The van der Waals surface area contributed by atoms with Gasteiger partial charge in [-0.1, -0.05) is 12.1 Å². The van der Waals surface area contributed by atoms with Gasteiger partial charge < -0.3 is 5.11 Å². The maximum absolute atomic E-state index is 9.13. The molecule has 0 aliphatic heterocycles. The van der Waals surface area contributed by atoms with Gasteiger partial charge in [0.1, 0.15) is 5.75 Å². The molecule has 10 heavy (non-hydrogen) atoms. The molecule has 51 valence electrons. The maximum atomic E-state index is 9.13. The van der Waals surface area contributed by atoms with E-state index in [0.717, 1.165) is 5.56 Å². The van der Waals surface area contributed by atoms with E-state index in [0.29, 0.717) is 4.90 Å². The molecule has 1 aromatic carbocycles. The molecule has 1 aromatic rings. The Morgan fingerprint density at radius 3 is 2.40 bits per heavy atom. The molecule has 0 saturated carbocycles. The Bertz CT molecular complexity index is 205. The Balaban J connectivity index is 0.000000810. The van der Waals surface area contributed by atoms with Crippen LogP contribution in [0.2, 0.25) is 0 Å². The van der Waals surface area contributed by atoms with E-state index in [1.54, 1.807) is 6.07 Å². The normalized spacial score (nSPS) is 8.60. The summed E-state index contributed by atoms with van der Waals surface area (Å²) in [6.07, 6.45) is 0. The van der Waals surface area contributed by atoms with E-state index < -0.39 is 0 Å². The Kier molecular flexibility index (Phi) is 4.58. The second-order valence-electron chi connectivity index (χ2n) is 1.94. The number of hydrogen-bond acceptors (Lipinski definition) is 2. The first kappa shape index (κ1) is 10.5. The van der Waals surface area contributed by atoms with Crippen molar-refractivity contribution < 1.29 is 37.8 Å². The maximum Gasteiger partial charge on any atom is 0.131 e. The average molecular weight is 229 g/mol. The quantitative estimate of drug-likeness (QED) is 0.652. The number of aromatic hydroxyl groups is 1. The number of hydrogen-bond donors (Lipinski definition) is 2. The largest absolute Gasteiger partial charge is 0.507 e. The van der Waals surface area contributed by atoms with Crippen LogP contribution in [0.1, 0.15) is 5.56 Å². The molecule has 0 aliphatic carbocycles. The fourth-order valence-corrected chi connectivity index (χ4v) is 0.906. The van der Waals surface area contributed by atoms with Crippen molar-refractivity contribution in [2.75, 3.05) is 0 Å². The predicted octanol–water partition coefficient (Wildman–Crippen LogP) is 1.99. The van der Waals surface area contributed by atoms with Crippen LogP contribution in [0.5, 0.6) is 5.75 Å². The van der Waals surface area contributed by atoms with Gasteiger partial charge in [0.2, 0.25) is 0 Å². The summed E-state index contributed by atoms with van der Waals surface area (Å²) < 4.78 is 0. The van der Waals surface area contributed by atoms with Gasteiger partial charge in [-0.2, -0.15) is 0 Å². The molecule has 1 N–H and O–H groups in total. The van der Waals surface area contributed by atoms with Crippen molar-refractivity contribution in [2.24, 2.45) is 0 Å². The Morgan fingerprint density at radius 2 is 2.00 bits per heavy atom. The summed E-state index contributed by atoms with van der Waals surface area (Å²) in [7, 11) is 0. The summed E-state index contributed by atoms with van der Waals surface area (Å²) in [5.74, 6) is 0.279. The minimum Gasteiger partial charge on any atom is -0.507 e. The number of para-hydroxylation sites is 1. The molecular weight excluding hydrogens is 221 g/mol. The van der Waals surface area contributed by atoms with Crippen LogP contribution < -0.4 is 0 Å². The molecule has 0 spiro atoms. The van der Waals surface area contributed by atoms with Crippen molar-refractivity contribution in [3.8, 4) is 5.75 Å². The van der Waals surface area contributed by atoms with E-state index in [9.17, 15) is 0 Å². The molecule has 1 rings (SSSR count). The Morgan fingerprint density at radius 1 is 1.40 bits per heavy atom. The van der Waals surface area contributed by atoms with Crippen LogP contribution in [0.3, 0.4) is 0 Å². The number of thiol groups is 1. The molecule has 0 unspecified atom stereocenters. The first-order chi connectivity index (χ1) is 4.22. The van der Waals surface area contributed by atoms with Crippen LogP contribution in [0.25, 0.3) is 0 Å². The van der Waals surface area contributed by atoms with E-state index in [1.807, 2.05) is 19.1 Å². The summed E-state index contributed by atoms with van der Waals surface area (Å²) >= 11 is 4.02. The van der Waals surface area contributed by atoms with Crippen LogP contribution in [0.15, 0.2) is 23.1 Å². The zero-order valence-corrected chi connectivity index (χ0v) is 9.44. The Labute approximate surface area is 91.1 Å². The molecule has 0 atom stereocenters. The minimum absolute atomic E-state index is 0. The molecule has 3 heteroatoms. The van der Waals surface area contributed by atoms with Crippen molar-refractivity contribution >= 4 is 12.6 Å². The third-order valence-electron chi connectivity index (χ3n) is 1.22. The van der Waals surface area contributed by atoms with Crippen molar-refractivity contribution in [3.63, 3.8) is 0 Å². The van der Waals surface area contributed by atoms with Gasteiger partial charge in [0, 0.05) is 37.6 Å². The van der Waals surface area contributed by atoms with Gasteiger partial charge in [0.25, 0.3) is 0 Å². The second-order valence-corrected chi connectivity index (χ2v) is 2.42. The minimum atomic E-state index is 0. The average Bonchev–Trinajstić information content (AvgIpc) is 1.83. The summed E-state index contributed by atoms with van der Waals surface area (Å²) in [4.78, 5) is 0.634. The van der Waals surface area contributed by atoms with E-state index in [1.165, 1.54) is 0 Å². The second kappa shape index (κ2) is 4.37. The fourth-order valence-electron chi connectivity index (χ4n) is 0.643. The summed E-state index contributed by atoms with van der Waals surface area (Å²) in [5, 5.41) is 9.13. The smallest absolute Gasteiger partial charge is 0.131 e. The standard InChI is InChI=1S/C7H8OS.Y/c1-5-3-2-4-6(9)7(5)8;/h2-4,8-9H,1H3;. The van der Waals surface area contributed by atoms with Gasteiger partial charge in [0.15, 0.2) is 0 Å². The van der Waals surface area contributed by atoms with E-state index in [2.05, 4.69) is 12.6 Å². The molecule has 0 fully saturated rings. The molecular formula is C7H8OSY. The molecule has 0 amide bonds. The van der Waals surface area contributed by atoms with Gasteiger partial charge >= 0.3 is 0 Å². The Hall–Kier alpha value is 0.474. The van der Waals surface area contributed by atoms with Crippen molar-refractivity contribution in [2.45, 2.75) is 11.8 Å². The van der Waals surface area contributed by atoms with E-state index in [4.69, 9.17) is 5.11 Å². The molecule has 0 heterocycles. The summed E-state index contributed by atoms with van der Waals surface area (Å²) in [6, 6.07) is 5.46. The summed E-state index contributed by atoms with van der Waals surface area (Å²) in [5.41, 5.74) is 0.863. The number of rotatable bonds is 0. The van der Waals surface area contributed by atoms with Crippen LogP contribution >= 0.6 is 12.6 Å². The SMILES string of the molecule is Cc1cccc(S)c1O.[Y]. The van der Waals surface area contributed by atoms with Gasteiger partial charge in [-0.25, -0.2) is 0 Å². The first-order valence-electron chi connectivity index (χ1n) is 2.69. The molecule has 1 radical (unpaired) electrons. The zero-order valence-electron chi connectivity index (χ0n) is 5.70. The van der Waals surface area contributed by atoms with Crippen molar-refractivity contribution in [1.82, 2.24) is 0 Å². The molecule has 1 nitrogen and oxygen atoms in total. The third-order valence-corrected chi connectivity index (χ3v) is 1.58. The molecule has 0 aliphatic rings. The van der Waals surface area contributed by atoms with Crippen LogP contribution in [-0.2, 0) is 32.7 Å². The number of benzene rings is 1. The van der Waals surface area contributed by atoms with E-state index >= 15 is 0 Å². The van der Waals surface area contributed by atoms with Crippen molar-refractivity contribution in [1.29, 1.82) is 0 Å².